The second kappa shape index (κ2) is 11.6. The van der Waals surface area contributed by atoms with E-state index in [1.807, 2.05) is 0 Å². The molecule has 1 heterocycles. The van der Waals surface area contributed by atoms with Crippen LogP contribution in [0.1, 0.15) is 48.0 Å². The maximum absolute atomic E-state index is 13.2. The summed E-state index contributed by atoms with van der Waals surface area (Å²) in [6.07, 6.45) is -5.17. The summed E-state index contributed by atoms with van der Waals surface area (Å²) < 4.78 is 14.9. The van der Waals surface area contributed by atoms with Gasteiger partial charge in [0.05, 0.1) is 30.4 Å². The van der Waals surface area contributed by atoms with Gasteiger partial charge in [-0.05, 0) is 19.3 Å². The fourth-order valence-electron chi connectivity index (χ4n) is 3.11. The number of hydrogen-bond acceptors (Lipinski definition) is 9. The summed E-state index contributed by atoms with van der Waals surface area (Å²) in [5.41, 5.74) is 0. The Bertz CT molecular complexity index is 751. The van der Waals surface area contributed by atoms with Crippen LogP contribution < -0.4 is 0 Å². The van der Waals surface area contributed by atoms with Crippen LogP contribution in [0, 0.1) is 23.7 Å². The molecule has 2 N–H and O–H groups in total. The molecule has 0 radical (unpaired) electrons. The van der Waals surface area contributed by atoms with Gasteiger partial charge in [-0.15, -0.1) is 0 Å². The molecule has 12 nitrogen and oxygen atoms in total. The van der Waals surface area contributed by atoms with Crippen LogP contribution in [-0.4, -0.2) is 75.8 Å². The Hall–Kier alpha value is -3.18. The third-order valence-electron chi connectivity index (χ3n) is 5.10. The Morgan fingerprint density at radius 3 is 1.61 bits per heavy atom. The van der Waals surface area contributed by atoms with Gasteiger partial charge in [0.15, 0.2) is 0 Å². The lowest BCUT2D eigenvalue weighted by Gasteiger charge is -2.31. The lowest BCUT2D eigenvalue weighted by atomic mass is 9.91. The second-order valence-corrected chi connectivity index (χ2v) is 8.68. The first kappa shape index (κ1) is 27.9. The lowest BCUT2D eigenvalue weighted by molar-refractivity contribution is -0.173. The first-order valence-electron chi connectivity index (χ1n) is 10.5. The highest BCUT2D eigenvalue weighted by Crippen LogP contribution is 2.30. The molecule has 2 amide bonds. The van der Waals surface area contributed by atoms with Crippen LogP contribution in [0.3, 0.4) is 0 Å². The van der Waals surface area contributed by atoms with E-state index in [4.69, 9.17) is 14.6 Å². The minimum atomic E-state index is -1.76. The van der Waals surface area contributed by atoms with Crippen LogP contribution >= 0.6 is 0 Å². The van der Waals surface area contributed by atoms with Crippen LogP contribution in [0.5, 0.6) is 0 Å². The first-order valence-corrected chi connectivity index (χ1v) is 10.5. The second-order valence-electron chi connectivity index (χ2n) is 8.68. The van der Waals surface area contributed by atoms with E-state index < -0.39 is 77.8 Å². The summed E-state index contributed by atoms with van der Waals surface area (Å²) >= 11 is 0. The molecule has 5 atom stereocenters. The highest BCUT2D eigenvalue weighted by atomic mass is 16.7. The van der Waals surface area contributed by atoms with Gasteiger partial charge in [-0.1, -0.05) is 34.6 Å². The third-order valence-corrected chi connectivity index (χ3v) is 5.10. The summed E-state index contributed by atoms with van der Waals surface area (Å²) in [6.45, 7) is 8.58. The Morgan fingerprint density at radius 2 is 1.27 bits per heavy atom. The summed E-state index contributed by atoms with van der Waals surface area (Å²) in [5, 5.41) is 18.2. The number of aliphatic carboxylic acids is 1. The zero-order chi connectivity index (χ0) is 25.6. The van der Waals surface area contributed by atoms with Gasteiger partial charge in [0, 0.05) is 0 Å². The number of likely N-dealkylation sites (tertiary alicyclic amines) is 1. The van der Waals surface area contributed by atoms with Crippen LogP contribution in [0.25, 0.3) is 0 Å². The molecule has 0 aliphatic carbocycles. The number of rotatable bonds is 11. The molecule has 1 fully saturated rings. The highest BCUT2D eigenvalue weighted by Gasteiger charge is 2.56. The summed E-state index contributed by atoms with van der Waals surface area (Å²) in [4.78, 5) is 73.7. The van der Waals surface area contributed by atoms with Gasteiger partial charge in [0.2, 0.25) is 12.2 Å². The van der Waals surface area contributed by atoms with E-state index in [2.05, 4.69) is 4.74 Å². The van der Waals surface area contributed by atoms with Gasteiger partial charge in [-0.2, -0.15) is 0 Å². The van der Waals surface area contributed by atoms with Crippen molar-refractivity contribution < 1.29 is 53.2 Å². The van der Waals surface area contributed by atoms with Crippen molar-refractivity contribution >= 4 is 35.9 Å². The largest absolute Gasteiger partial charge is 0.505 e. The predicted molar refractivity (Wildman–Crippen MR) is 110 cm³/mol. The number of carbonyl (C=O) groups is 6. The Labute approximate surface area is 191 Å². The van der Waals surface area contributed by atoms with Crippen LogP contribution in [0.15, 0.2) is 0 Å². The molecule has 186 valence electrons. The molecule has 12 heteroatoms. The molecule has 0 spiro atoms. The number of carboxylic acids is 1. The zero-order valence-corrected chi connectivity index (χ0v) is 19.5. The average Bonchev–Trinajstić information content (AvgIpc) is 2.93. The number of nitrogens with zero attached hydrogens (tertiary/aromatic N) is 1. The fourth-order valence-corrected chi connectivity index (χ4v) is 3.11. The van der Waals surface area contributed by atoms with Crippen LogP contribution in [0.2, 0.25) is 0 Å². The van der Waals surface area contributed by atoms with E-state index in [0.29, 0.717) is 4.90 Å². The molecular weight excluding hydrogens is 442 g/mol. The molecule has 1 saturated heterocycles. The highest BCUT2D eigenvalue weighted by molar-refractivity contribution is 6.10. The molecule has 33 heavy (non-hydrogen) atoms. The van der Waals surface area contributed by atoms with E-state index in [9.17, 15) is 33.9 Å². The number of ether oxygens (including phenoxy) is 3. The van der Waals surface area contributed by atoms with Gasteiger partial charge in [-0.25, -0.2) is 4.79 Å². The first-order chi connectivity index (χ1) is 15.2. The van der Waals surface area contributed by atoms with Crippen molar-refractivity contribution in [3.8, 4) is 0 Å². The Morgan fingerprint density at radius 1 is 0.848 bits per heavy atom. The number of carbonyl (C=O) groups excluding carboxylic acids is 4. The summed E-state index contributed by atoms with van der Waals surface area (Å²) in [6, 6.07) is -1.24. The number of esters is 2. The Kier molecular flexibility index (Phi) is 9.80. The third kappa shape index (κ3) is 7.16. The SMILES string of the molecule is CC(COC(=O)O)CC(C(C)C(=O)O)N1C(=O)[C@H](OC(=O)C(C)C)[C@@H](OC(=O)C(C)C)C1=O. The predicted octanol–water partition coefficient (Wildman–Crippen LogP) is 1.30. The average molecular weight is 473 g/mol. The number of imide groups is 1. The van der Waals surface area contributed by atoms with E-state index in [0.717, 1.165) is 0 Å². The topological polar surface area (TPSA) is 174 Å². The number of hydrogen-bond donors (Lipinski definition) is 2. The van der Waals surface area contributed by atoms with Crippen LogP contribution in [0.4, 0.5) is 4.79 Å². The van der Waals surface area contributed by atoms with Gasteiger partial charge >= 0.3 is 24.1 Å². The normalized spacial score (nSPS) is 21.0. The van der Waals surface area contributed by atoms with Gasteiger partial charge in [0.1, 0.15) is 0 Å². The molecule has 1 rings (SSSR count). The van der Waals surface area contributed by atoms with Crippen molar-refractivity contribution in [3.63, 3.8) is 0 Å². The van der Waals surface area contributed by atoms with Crippen molar-refractivity contribution in [1.29, 1.82) is 0 Å². The molecule has 0 aromatic heterocycles. The molecule has 0 aromatic rings. The molecule has 0 aromatic carbocycles. The summed E-state index contributed by atoms with van der Waals surface area (Å²) in [7, 11) is 0. The molecule has 0 saturated carbocycles. The standard InChI is InChI=1S/C21H31NO11/c1-9(2)19(27)32-14-15(33-20(28)10(3)4)17(24)22(16(14)23)13(12(6)18(25)26)7-11(5)8-31-21(29)30/h9-15H,7-8H2,1-6H3,(H,25,26)(H,29,30)/t11?,12?,13?,14-,15-/m1/s1. The number of carboxylic acid groups (broad SMARTS) is 2. The minimum Gasteiger partial charge on any atom is -0.481 e. The minimum absolute atomic E-state index is 0.117. The van der Waals surface area contributed by atoms with E-state index in [-0.39, 0.29) is 13.0 Å². The molecule has 1 aliphatic heterocycles. The van der Waals surface area contributed by atoms with Crippen LogP contribution in [-0.2, 0) is 38.2 Å². The number of amides is 2. The van der Waals surface area contributed by atoms with Crippen molar-refractivity contribution in [2.45, 2.75) is 66.2 Å². The van der Waals surface area contributed by atoms with Gasteiger partial charge in [-0.3, -0.25) is 28.9 Å². The fraction of sp³-hybridized carbons (Fsp3) is 0.714. The quantitative estimate of drug-likeness (QED) is 0.251. The van der Waals surface area contributed by atoms with Crippen molar-refractivity contribution in [2.24, 2.45) is 23.7 Å². The van der Waals surface area contributed by atoms with Gasteiger partial charge < -0.3 is 24.4 Å². The lowest BCUT2D eigenvalue weighted by Crippen LogP contribution is -2.48. The smallest absolute Gasteiger partial charge is 0.481 e. The monoisotopic (exact) mass is 473 g/mol. The van der Waals surface area contributed by atoms with Gasteiger partial charge in [0.25, 0.3) is 11.8 Å². The zero-order valence-electron chi connectivity index (χ0n) is 19.5. The van der Waals surface area contributed by atoms with Crippen molar-refractivity contribution in [3.05, 3.63) is 0 Å². The van der Waals surface area contributed by atoms with E-state index in [1.54, 1.807) is 6.92 Å². The van der Waals surface area contributed by atoms with Crippen molar-refractivity contribution in [1.82, 2.24) is 4.90 Å². The Balaban J connectivity index is 3.34. The van der Waals surface area contributed by atoms with Crippen molar-refractivity contribution in [2.75, 3.05) is 6.61 Å². The molecule has 1 aliphatic rings. The molecular formula is C21H31NO11. The molecule has 0 bridgehead atoms. The van der Waals surface area contributed by atoms with E-state index >= 15 is 0 Å². The summed E-state index contributed by atoms with van der Waals surface area (Å²) in [5.74, 6) is -8.08. The van der Waals surface area contributed by atoms with E-state index in [1.165, 1.54) is 34.6 Å². The molecule has 3 unspecified atom stereocenters. The maximum atomic E-state index is 13.2. The maximum Gasteiger partial charge on any atom is 0.505 e.